The summed E-state index contributed by atoms with van der Waals surface area (Å²) in [4.78, 5) is 32.6. The summed E-state index contributed by atoms with van der Waals surface area (Å²) in [6.45, 7) is -0.0556. The van der Waals surface area contributed by atoms with Crippen molar-refractivity contribution in [3.8, 4) is 22.8 Å². The maximum absolute atomic E-state index is 15.1. The lowest BCUT2D eigenvalue weighted by molar-refractivity contribution is -0.136. The molecule has 0 saturated carbocycles. The quantitative estimate of drug-likeness (QED) is 0.237. The molecule has 2 amide bonds. The number of nitrogens with two attached hydrogens (primary N) is 1. The number of fused-ring (bicyclic) bond motifs is 1. The highest BCUT2D eigenvalue weighted by atomic mass is 19.2. The minimum Gasteiger partial charge on any atom is -0.451 e. The van der Waals surface area contributed by atoms with Gasteiger partial charge in [-0.3, -0.25) is 14.5 Å². The molecule has 188 valence electrons. The Morgan fingerprint density at radius 2 is 1.54 bits per heavy atom. The third kappa shape index (κ3) is 4.11. The van der Waals surface area contributed by atoms with Crippen LogP contribution in [-0.2, 0) is 16.1 Å². The van der Waals surface area contributed by atoms with Gasteiger partial charge in [-0.2, -0.15) is 13.9 Å². The van der Waals surface area contributed by atoms with E-state index < -0.39 is 52.4 Å². The smallest absolute Gasteiger partial charge is 0.253 e. The predicted octanol–water partition coefficient (Wildman–Crippen LogP) is 3.49. The summed E-state index contributed by atoms with van der Waals surface area (Å²) in [5.41, 5.74) is 6.02. The summed E-state index contributed by atoms with van der Waals surface area (Å²) < 4.78 is 76.2. The van der Waals surface area contributed by atoms with Crippen LogP contribution in [0.5, 0.6) is 11.5 Å². The Kier molecular flexibility index (Phi) is 5.78. The number of nitrogens with zero attached hydrogens (tertiary/aromatic N) is 5. The zero-order chi connectivity index (χ0) is 26.4. The van der Waals surface area contributed by atoms with Crippen LogP contribution < -0.4 is 10.5 Å². The van der Waals surface area contributed by atoms with Crippen molar-refractivity contribution in [2.24, 2.45) is 0 Å². The van der Waals surface area contributed by atoms with E-state index >= 15 is 4.39 Å². The minimum absolute atomic E-state index is 0.00137. The Balaban J connectivity index is 1.50. The van der Waals surface area contributed by atoms with E-state index in [1.165, 1.54) is 4.68 Å². The van der Waals surface area contributed by atoms with E-state index in [9.17, 15) is 27.2 Å². The first-order valence-corrected chi connectivity index (χ1v) is 10.5. The highest BCUT2D eigenvalue weighted by Crippen LogP contribution is 2.36. The first-order chi connectivity index (χ1) is 17.7. The topological polar surface area (TPSA) is 116 Å². The number of hydrogen-bond donors (Lipinski definition) is 1. The largest absolute Gasteiger partial charge is 0.451 e. The van der Waals surface area contributed by atoms with Gasteiger partial charge in [0.2, 0.25) is 17.4 Å². The number of benzene rings is 2. The van der Waals surface area contributed by atoms with Crippen molar-refractivity contribution in [2.45, 2.75) is 6.54 Å². The van der Waals surface area contributed by atoms with Crippen molar-refractivity contribution >= 4 is 28.7 Å². The van der Waals surface area contributed by atoms with Crippen LogP contribution in [0.4, 0.5) is 27.8 Å². The molecule has 1 aliphatic rings. The number of rotatable bonds is 6. The van der Waals surface area contributed by atoms with Crippen molar-refractivity contribution in [3.05, 3.63) is 71.8 Å². The first kappa shape index (κ1) is 23.8. The number of hydrogen-bond acceptors (Lipinski definition) is 7. The molecular formula is C23H13F5N6O3. The lowest BCUT2D eigenvalue weighted by Crippen LogP contribution is -2.33. The summed E-state index contributed by atoms with van der Waals surface area (Å²) >= 11 is 0. The van der Waals surface area contributed by atoms with Gasteiger partial charge in [-0.1, -0.05) is 0 Å². The highest BCUT2D eigenvalue weighted by molar-refractivity contribution is 6.12. The van der Waals surface area contributed by atoms with Crippen molar-refractivity contribution < 1.29 is 36.3 Å². The number of ether oxygens (including phenoxy) is 1. The van der Waals surface area contributed by atoms with Crippen LogP contribution in [0.3, 0.4) is 0 Å². The molecule has 2 aromatic heterocycles. The molecule has 3 heterocycles. The van der Waals surface area contributed by atoms with Crippen LogP contribution in [0.2, 0.25) is 0 Å². The number of anilines is 1. The molecule has 0 unspecified atom stereocenters. The molecule has 1 aliphatic heterocycles. The zero-order valence-corrected chi connectivity index (χ0v) is 18.4. The van der Waals surface area contributed by atoms with Crippen LogP contribution >= 0.6 is 0 Å². The van der Waals surface area contributed by atoms with E-state index in [1.807, 2.05) is 0 Å². The van der Waals surface area contributed by atoms with Crippen LogP contribution in [0.1, 0.15) is 0 Å². The zero-order valence-electron chi connectivity index (χ0n) is 18.4. The van der Waals surface area contributed by atoms with E-state index in [0.717, 1.165) is 41.6 Å². The fraction of sp³-hybridized carbons (Fsp3) is 0.0870. The molecule has 14 heteroatoms. The molecule has 0 saturated heterocycles. The molecule has 0 spiro atoms. The molecule has 5 rings (SSSR count). The number of carbonyl (C=O) groups excluding carboxylic acids is 2. The molecule has 0 atom stereocenters. The summed E-state index contributed by atoms with van der Waals surface area (Å²) in [6.07, 6.45) is 3.41. The molecule has 2 N–H and O–H groups in total. The summed E-state index contributed by atoms with van der Waals surface area (Å²) in [5, 5.41) is 4.49. The molecule has 0 bridgehead atoms. The maximum Gasteiger partial charge on any atom is 0.253 e. The van der Waals surface area contributed by atoms with Gasteiger partial charge in [0, 0.05) is 36.4 Å². The Hall–Kier alpha value is -4.88. The molecule has 0 fully saturated rings. The van der Waals surface area contributed by atoms with E-state index in [2.05, 4.69) is 15.1 Å². The Morgan fingerprint density at radius 3 is 2.19 bits per heavy atom. The molecule has 2 aromatic carbocycles. The van der Waals surface area contributed by atoms with Gasteiger partial charge in [0.15, 0.2) is 17.3 Å². The monoisotopic (exact) mass is 516 g/mol. The summed E-state index contributed by atoms with van der Waals surface area (Å²) in [7, 11) is 0. The van der Waals surface area contributed by atoms with E-state index in [0.29, 0.717) is 0 Å². The van der Waals surface area contributed by atoms with Gasteiger partial charge in [-0.25, -0.2) is 27.8 Å². The average molecular weight is 516 g/mol. The third-order valence-electron chi connectivity index (χ3n) is 5.48. The fourth-order valence-corrected chi connectivity index (χ4v) is 3.73. The number of amides is 2. The Labute approximate surface area is 203 Å². The van der Waals surface area contributed by atoms with Crippen molar-refractivity contribution in [2.75, 3.05) is 12.3 Å². The SMILES string of the molecule is Nc1ncnc2c1c(-c1ccc(Oc3c(F)c(F)cc(F)c3F)cc1F)nn2CCN1C(=O)C=CC1=O. The molecule has 37 heavy (non-hydrogen) atoms. The van der Waals surface area contributed by atoms with E-state index in [1.54, 1.807) is 0 Å². The van der Waals surface area contributed by atoms with Crippen molar-refractivity contribution in [1.29, 1.82) is 0 Å². The van der Waals surface area contributed by atoms with Gasteiger partial charge in [-0.05, 0) is 12.1 Å². The average Bonchev–Trinajstić information content (AvgIpc) is 3.39. The first-order valence-electron chi connectivity index (χ1n) is 10.5. The standard InChI is InChI=1S/C23H13F5N6O3/c24-12-7-10(37-21-18(27)13(25)8-14(26)19(21)28)1-2-11(12)20-17-22(29)30-9-31-23(17)34(32-20)6-5-33-15(35)3-4-16(33)36/h1-4,7-9H,5-6H2,(H2,29,30,31). The van der Waals surface area contributed by atoms with Gasteiger partial charge >= 0.3 is 0 Å². The second-order valence-electron chi connectivity index (χ2n) is 7.73. The van der Waals surface area contributed by atoms with Crippen LogP contribution in [0, 0.1) is 29.1 Å². The second-order valence-corrected chi connectivity index (χ2v) is 7.73. The van der Waals surface area contributed by atoms with E-state index in [4.69, 9.17) is 10.5 Å². The van der Waals surface area contributed by atoms with Gasteiger partial charge < -0.3 is 10.5 Å². The Morgan fingerprint density at radius 1 is 0.865 bits per heavy atom. The highest BCUT2D eigenvalue weighted by Gasteiger charge is 2.26. The van der Waals surface area contributed by atoms with Gasteiger partial charge in [0.25, 0.3) is 11.8 Å². The van der Waals surface area contributed by atoms with Crippen LogP contribution in [0.25, 0.3) is 22.3 Å². The number of nitrogen functional groups attached to an aromatic ring is 1. The molecule has 0 radical (unpaired) electrons. The van der Waals surface area contributed by atoms with Gasteiger partial charge in [0.1, 0.15) is 29.4 Å². The van der Waals surface area contributed by atoms with Crippen molar-refractivity contribution in [3.63, 3.8) is 0 Å². The second kappa shape index (κ2) is 8.96. The summed E-state index contributed by atoms with van der Waals surface area (Å²) in [5.74, 6) is -10.8. The number of halogens is 5. The number of imide groups is 1. The molecule has 0 aliphatic carbocycles. The van der Waals surface area contributed by atoms with Crippen molar-refractivity contribution in [1.82, 2.24) is 24.6 Å². The summed E-state index contributed by atoms with van der Waals surface area (Å²) in [6, 6.07) is 2.99. The molecule has 4 aromatic rings. The normalized spacial score (nSPS) is 13.3. The molecular weight excluding hydrogens is 503 g/mol. The third-order valence-corrected chi connectivity index (χ3v) is 5.48. The van der Waals surface area contributed by atoms with E-state index in [-0.39, 0.29) is 47.3 Å². The molecule has 9 nitrogen and oxygen atoms in total. The fourth-order valence-electron chi connectivity index (χ4n) is 3.73. The van der Waals surface area contributed by atoms with Crippen LogP contribution in [0.15, 0.2) is 42.7 Å². The lowest BCUT2D eigenvalue weighted by atomic mass is 10.1. The lowest BCUT2D eigenvalue weighted by Gasteiger charge is -2.13. The van der Waals surface area contributed by atoms with Crippen LogP contribution in [-0.4, -0.2) is 43.0 Å². The van der Waals surface area contributed by atoms with Gasteiger partial charge in [0.05, 0.1) is 11.9 Å². The van der Waals surface area contributed by atoms with Gasteiger partial charge in [-0.15, -0.1) is 0 Å². The number of carbonyl (C=O) groups is 2. The number of aromatic nitrogens is 4. The minimum atomic E-state index is -1.79. The predicted molar refractivity (Wildman–Crippen MR) is 117 cm³/mol. The Bertz CT molecular complexity index is 1590. The maximum atomic E-state index is 15.1.